The summed E-state index contributed by atoms with van der Waals surface area (Å²) in [4.78, 5) is 84.4. The number of carbonyl (C=O) groups is 4. The number of rotatable bonds is 8. The van der Waals surface area contributed by atoms with Crippen molar-refractivity contribution in [3.05, 3.63) is 215 Å². The van der Waals surface area contributed by atoms with Crippen LogP contribution in [0.15, 0.2) is 170 Å². The molecule has 13 rings (SSSR count). The second kappa shape index (κ2) is 21.8. The van der Waals surface area contributed by atoms with Crippen molar-refractivity contribution in [2.75, 3.05) is 56.4 Å². The fourth-order valence-corrected chi connectivity index (χ4v) is 12.0. The van der Waals surface area contributed by atoms with Gasteiger partial charge in [0.25, 0.3) is 23.6 Å². The van der Waals surface area contributed by atoms with Crippen LogP contribution in [0, 0.1) is 0 Å². The summed E-state index contributed by atoms with van der Waals surface area (Å²) >= 11 is 0. The molecule has 11 aromatic rings. The summed E-state index contributed by atoms with van der Waals surface area (Å²) in [6.07, 6.45) is 8.07. The predicted molar refractivity (Wildman–Crippen MR) is 341 cm³/mol. The van der Waals surface area contributed by atoms with Crippen LogP contribution in [0.3, 0.4) is 0 Å². The minimum absolute atomic E-state index is 0. The van der Waals surface area contributed by atoms with Crippen molar-refractivity contribution in [3.8, 4) is 44.5 Å². The maximum Gasteiger partial charge on any atom is 2.00 e. The zero-order valence-corrected chi connectivity index (χ0v) is 48.9. The molecule has 2 aliphatic rings. The van der Waals surface area contributed by atoms with Gasteiger partial charge in [-0.1, -0.05) is 146 Å². The van der Waals surface area contributed by atoms with Crippen molar-refractivity contribution in [1.82, 2.24) is 39.5 Å². The number of benzene rings is 8. The first-order valence-electron chi connectivity index (χ1n) is 27.7. The first-order chi connectivity index (χ1) is 40.7. The largest absolute Gasteiger partial charge is 2.00 e. The number of amides is 4. The molecule has 12 nitrogen and oxygen atoms in total. The van der Waals surface area contributed by atoms with Gasteiger partial charge in [0.05, 0.1) is 22.8 Å². The van der Waals surface area contributed by atoms with Crippen LogP contribution >= 0.6 is 0 Å². The van der Waals surface area contributed by atoms with Gasteiger partial charge < -0.3 is 29.6 Å². The van der Waals surface area contributed by atoms with E-state index in [4.69, 9.17) is 19.9 Å². The van der Waals surface area contributed by atoms with Crippen LogP contribution in [-0.4, -0.2) is 110 Å². The molecule has 3 aromatic heterocycles. The summed E-state index contributed by atoms with van der Waals surface area (Å²) in [5, 5.41) is 6.50. The van der Waals surface area contributed by atoms with Crippen molar-refractivity contribution in [2.24, 2.45) is 0 Å². The molecule has 0 atom stereocenters. The van der Waals surface area contributed by atoms with E-state index in [-0.39, 0.29) is 40.7 Å². The third kappa shape index (κ3) is 9.34. The molecule has 8 bridgehead atoms. The summed E-state index contributed by atoms with van der Waals surface area (Å²) in [6, 6.07) is 55.3. The molecule has 0 aliphatic carbocycles. The molecule has 1 radical (unpaired) electrons. The summed E-state index contributed by atoms with van der Waals surface area (Å²) < 4.78 is 0. The number of aromatic nitrogens is 4. The van der Waals surface area contributed by atoms with E-state index in [0.717, 1.165) is 87.6 Å². The summed E-state index contributed by atoms with van der Waals surface area (Å²) in [5.74, 6) is -0.478. The third-order valence-corrected chi connectivity index (χ3v) is 15.9. The molecule has 85 heavy (non-hydrogen) atoms. The van der Waals surface area contributed by atoms with Crippen LogP contribution in [0.5, 0.6) is 0 Å². The zero-order chi connectivity index (χ0) is 58.2. The predicted octanol–water partition coefficient (Wildman–Crippen LogP) is 14.0. The van der Waals surface area contributed by atoms with Gasteiger partial charge in [-0.15, -0.1) is 22.1 Å². The van der Waals surface area contributed by atoms with Crippen molar-refractivity contribution in [1.29, 1.82) is 0 Å². The van der Waals surface area contributed by atoms with Gasteiger partial charge in [0.15, 0.2) is 0 Å². The number of hydrogen-bond acceptors (Lipinski definition) is 6. The van der Waals surface area contributed by atoms with Gasteiger partial charge in [0, 0.05) is 78.6 Å². The topological polar surface area (TPSA) is 135 Å². The molecular weight excluding hydrogens is 1100 g/mol. The first kappa shape index (κ1) is 55.3. The molecule has 419 valence electrons. The van der Waals surface area contributed by atoms with E-state index < -0.39 is 0 Å². The molecule has 4 amide bonds. The Morgan fingerprint density at radius 3 is 0.682 bits per heavy atom. The standard InChI is InChI=1S/C72H57N8O4.Cu/c1-77(2)69(81)53-29-25-49(41-17-9-13-21-45(41)53)65-57-33-35-59(73-57)66(50-26-30-54(70(82)78(3)4)46-22-14-10-18-42(46)50)61-37-39-63(75-61)68(52-28-32-56(72(84)80(7)8)48-24-16-12-20-44(48)52)64-40-38-62(76-64)67(60-36-34-58(65)74-60)51-27-31-55(71(83)79(5)6)47-23-15-11-19-43(47)51;/h9-40H,1-8H3,(H-,73,74,75,76,81,82,83,84);/q-1;+2/p-1. The molecular formula is C72H56CuN8O4. The second-order valence-electron chi connectivity index (χ2n) is 22.0. The van der Waals surface area contributed by atoms with E-state index in [9.17, 15) is 19.2 Å². The Balaban J connectivity index is 0.00000709. The van der Waals surface area contributed by atoms with E-state index in [1.807, 2.05) is 194 Å². The molecule has 0 unspecified atom stereocenters. The Labute approximate surface area is 501 Å². The maximum absolute atomic E-state index is 13.9. The molecule has 0 saturated heterocycles. The number of fused-ring (bicyclic) bond motifs is 12. The van der Waals surface area contributed by atoms with Gasteiger partial charge in [0.1, 0.15) is 0 Å². The van der Waals surface area contributed by atoms with E-state index in [1.165, 1.54) is 0 Å². The van der Waals surface area contributed by atoms with Crippen molar-refractivity contribution >= 4 is 113 Å². The number of carbonyl (C=O) groups excluding carboxylic acids is 4. The Bertz CT molecular complexity index is 4310. The molecule has 0 spiro atoms. The molecule has 13 heteroatoms. The average molecular weight is 1160 g/mol. The summed E-state index contributed by atoms with van der Waals surface area (Å²) in [6.45, 7) is 0. The SMILES string of the molecule is CN(C)C(=O)c1ccc(-c2c3nc(c(-c4ccc(C(=O)N(C)C)c5ccccc45)c4ccc([n-]4)c(-c4ccc(C(=O)N(C)C)c5ccccc45)c4nc(c(-c5ccc(C(=O)N(C)C)c6ccccc56)c5ccc2[n-]5)C=C4)C=C3)c2ccccc12.[Cu+2]. The third-order valence-electron chi connectivity index (χ3n) is 15.9. The van der Waals surface area contributed by atoms with Crippen LogP contribution in [0.25, 0.3) is 134 Å². The average Bonchev–Trinajstić information content (AvgIpc) is 2.11. The molecule has 0 saturated carbocycles. The Kier molecular flexibility index (Phi) is 14.2. The van der Waals surface area contributed by atoms with E-state index in [2.05, 4.69) is 0 Å². The van der Waals surface area contributed by atoms with Gasteiger partial charge in [0.2, 0.25) is 0 Å². The molecule has 0 N–H and O–H groups in total. The van der Waals surface area contributed by atoms with Gasteiger partial charge in [-0.2, -0.15) is 0 Å². The van der Waals surface area contributed by atoms with E-state index in [1.54, 1.807) is 76.0 Å². The number of nitrogens with zero attached hydrogens (tertiary/aromatic N) is 8. The van der Waals surface area contributed by atoms with E-state index in [0.29, 0.717) is 67.1 Å². The van der Waals surface area contributed by atoms with Crippen molar-refractivity contribution < 1.29 is 36.2 Å². The van der Waals surface area contributed by atoms with Gasteiger partial charge in [-0.05, 0) is 136 Å². The minimum Gasteiger partial charge on any atom is -0.657 e. The smallest absolute Gasteiger partial charge is 0.657 e. The van der Waals surface area contributed by atoms with E-state index >= 15 is 0 Å². The monoisotopic (exact) mass is 1160 g/mol. The zero-order valence-electron chi connectivity index (χ0n) is 48.0. The Hall–Kier alpha value is -10.2. The van der Waals surface area contributed by atoms with Gasteiger partial charge in [-0.25, -0.2) is 9.97 Å². The molecule has 2 aliphatic heterocycles. The van der Waals surface area contributed by atoms with Crippen molar-refractivity contribution in [3.63, 3.8) is 0 Å². The quantitative estimate of drug-likeness (QED) is 0.137. The van der Waals surface area contributed by atoms with Crippen LogP contribution in [0.2, 0.25) is 0 Å². The maximum atomic E-state index is 13.9. The Morgan fingerprint density at radius 2 is 0.482 bits per heavy atom. The molecule has 8 aromatic carbocycles. The second-order valence-corrected chi connectivity index (χ2v) is 22.0. The fourth-order valence-electron chi connectivity index (χ4n) is 12.0. The van der Waals surface area contributed by atoms with Gasteiger partial charge in [-0.3, -0.25) is 19.2 Å². The van der Waals surface area contributed by atoms with Crippen LogP contribution in [-0.2, 0) is 17.1 Å². The molecule has 0 fully saturated rings. The fraction of sp³-hybridized carbons (Fsp3) is 0.111. The minimum atomic E-state index is -0.120. The first-order valence-corrected chi connectivity index (χ1v) is 27.7. The van der Waals surface area contributed by atoms with Crippen LogP contribution in [0.4, 0.5) is 0 Å². The Morgan fingerprint density at radius 1 is 0.282 bits per heavy atom. The van der Waals surface area contributed by atoms with Gasteiger partial charge >= 0.3 is 17.1 Å². The number of hydrogen-bond donors (Lipinski definition) is 0. The summed E-state index contributed by atoms with van der Waals surface area (Å²) in [7, 11) is 14.0. The molecule has 5 heterocycles. The normalized spacial score (nSPS) is 11.8. The van der Waals surface area contributed by atoms with Crippen LogP contribution < -0.4 is 9.97 Å². The van der Waals surface area contributed by atoms with Crippen molar-refractivity contribution in [2.45, 2.75) is 0 Å². The van der Waals surface area contributed by atoms with Crippen LogP contribution in [0.1, 0.15) is 64.2 Å². The summed E-state index contributed by atoms with van der Waals surface area (Å²) in [5.41, 5.74) is 13.5.